The van der Waals surface area contributed by atoms with E-state index in [4.69, 9.17) is 0 Å². The van der Waals surface area contributed by atoms with Crippen molar-refractivity contribution >= 4 is 11.8 Å². The molecule has 2 aromatic heterocycles. The number of methoxy groups -OCH3 is 1. The van der Waals surface area contributed by atoms with Gasteiger partial charge in [-0.2, -0.15) is 13.2 Å². The van der Waals surface area contributed by atoms with E-state index in [1.54, 1.807) is 11.2 Å². The molecule has 3 rings (SSSR count). The third-order valence-electron chi connectivity index (χ3n) is 3.98. The molecular formula is C15H15F3N4O2. The minimum Gasteiger partial charge on any atom is -0.465 e. The van der Waals surface area contributed by atoms with Crippen molar-refractivity contribution in [3.05, 3.63) is 41.1 Å². The second-order valence-corrected chi connectivity index (χ2v) is 5.48. The topological polar surface area (TPSA) is 60.2 Å². The van der Waals surface area contributed by atoms with Crippen LogP contribution in [0.2, 0.25) is 0 Å². The van der Waals surface area contributed by atoms with Crippen molar-refractivity contribution in [1.29, 1.82) is 0 Å². The molecule has 0 amide bonds. The Bertz CT molecular complexity index is 786. The number of fused-ring (bicyclic) bond motifs is 1. The molecule has 1 aliphatic rings. The molecule has 0 saturated heterocycles. The summed E-state index contributed by atoms with van der Waals surface area (Å²) in [5.74, 6) is -0.758. The Hall–Kier alpha value is -2.58. The van der Waals surface area contributed by atoms with Gasteiger partial charge >= 0.3 is 12.1 Å². The normalized spacial score (nSPS) is 14.5. The molecule has 128 valence electrons. The Kier molecular flexibility index (Phi) is 3.94. The minimum atomic E-state index is -4.59. The van der Waals surface area contributed by atoms with Crippen molar-refractivity contribution < 1.29 is 22.7 Å². The first-order chi connectivity index (χ1) is 11.3. The van der Waals surface area contributed by atoms with Crippen LogP contribution in [0.15, 0.2) is 18.5 Å². The maximum Gasteiger partial charge on any atom is 0.433 e. The molecule has 0 radical (unpaired) electrons. The molecule has 0 N–H and O–H groups in total. The summed E-state index contributed by atoms with van der Waals surface area (Å²) in [5.41, 5.74) is 0.749. The fraction of sp³-hybridized carbons (Fsp3) is 0.400. The van der Waals surface area contributed by atoms with Gasteiger partial charge in [-0.15, -0.1) is 0 Å². The molecule has 6 nitrogen and oxygen atoms in total. The maximum atomic E-state index is 13.0. The molecule has 0 aromatic carbocycles. The quantitative estimate of drug-likeness (QED) is 0.785. The Morgan fingerprint density at radius 2 is 2.08 bits per heavy atom. The highest BCUT2D eigenvalue weighted by Gasteiger charge is 2.35. The van der Waals surface area contributed by atoms with Crippen molar-refractivity contribution in [2.75, 3.05) is 18.6 Å². The molecular weight excluding hydrogens is 325 g/mol. The molecule has 2 aromatic rings. The Balaban J connectivity index is 2.03. The van der Waals surface area contributed by atoms with Gasteiger partial charge in [0.05, 0.1) is 25.7 Å². The van der Waals surface area contributed by atoms with Gasteiger partial charge in [-0.3, -0.25) is 0 Å². The third kappa shape index (κ3) is 2.81. The number of halogens is 3. The number of aryl methyl sites for hydroxylation is 1. The van der Waals surface area contributed by atoms with Crippen LogP contribution in [0.5, 0.6) is 0 Å². The number of anilines is 1. The van der Waals surface area contributed by atoms with Gasteiger partial charge in [-0.25, -0.2) is 14.8 Å². The molecule has 0 aliphatic carbocycles. The van der Waals surface area contributed by atoms with Crippen molar-refractivity contribution in [1.82, 2.24) is 14.5 Å². The van der Waals surface area contributed by atoms with Gasteiger partial charge in [0.2, 0.25) is 0 Å². The Labute approximate surface area is 135 Å². The van der Waals surface area contributed by atoms with Crippen LogP contribution in [-0.4, -0.2) is 34.2 Å². The SMILES string of the molecule is COC(=O)c1ccc(C(F)(F)F)nc1N1CCc2c(ncn2C)C1. The fourth-order valence-corrected chi connectivity index (χ4v) is 2.75. The number of nitrogens with zero attached hydrogens (tertiary/aromatic N) is 4. The molecule has 24 heavy (non-hydrogen) atoms. The number of hydrogen-bond acceptors (Lipinski definition) is 5. The number of aromatic nitrogens is 3. The smallest absolute Gasteiger partial charge is 0.433 e. The number of pyridine rings is 1. The molecule has 0 spiro atoms. The van der Waals surface area contributed by atoms with Crippen LogP contribution in [0.3, 0.4) is 0 Å². The van der Waals surface area contributed by atoms with Gasteiger partial charge in [-0.05, 0) is 12.1 Å². The van der Waals surface area contributed by atoms with Crippen LogP contribution in [0.4, 0.5) is 19.0 Å². The van der Waals surface area contributed by atoms with Crippen LogP contribution in [-0.2, 0) is 30.9 Å². The van der Waals surface area contributed by atoms with Crippen LogP contribution in [0, 0.1) is 0 Å². The van der Waals surface area contributed by atoms with E-state index in [1.165, 1.54) is 7.11 Å². The molecule has 0 unspecified atom stereocenters. The van der Waals surface area contributed by atoms with Crippen molar-refractivity contribution in [3.8, 4) is 0 Å². The molecule has 0 bridgehead atoms. The second kappa shape index (κ2) is 5.81. The fourth-order valence-electron chi connectivity index (χ4n) is 2.75. The molecule has 0 saturated carbocycles. The molecule has 0 atom stereocenters. The van der Waals surface area contributed by atoms with Crippen LogP contribution in [0.1, 0.15) is 27.4 Å². The van der Waals surface area contributed by atoms with Gasteiger partial charge in [0.25, 0.3) is 0 Å². The molecule has 1 aliphatic heterocycles. The number of rotatable bonds is 2. The largest absolute Gasteiger partial charge is 0.465 e. The lowest BCUT2D eigenvalue weighted by molar-refractivity contribution is -0.141. The van der Waals surface area contributed by atoms with Gasteiger partial charge in [0.15, 0.2) is 0 Å². The third-order valence-corrected chi connectivity index (χ3v) is 3.98. The van der Waals surface area contributed by atoms with E-state index in [1.807, 2.05) is 11.6 Å². The standard InChI is InChI=1S/C15H15F3N4O2/c1-21-8-19-10-7-22(6-5-11(10)21)13-9(14(23)24-2)3-4-12(20-13)15(16,17)18/h3-4,8H,5-7H2,1-2H3. The predicted molar refractivity (Wildman–Crippen MR) is 78.5 cm³/mol. The average molecular weight is 340 g/mol. The first-order valence-electron chi connectivity index (χ1n) is 7.22. The number of esters is 1. The zero-order chi connectivity index (χ0) is 17.5. The van der Waals surface area contributed by atoms with Crippen molar-refractivity contribution in [3.63, 3.8) is 0 Å². The summed E-state index contributed by atoms with van der Waals surface area (Å²) in [6.07, 6.45) is -2.32. The highest BCUT2D eigenvalue weighted by Crippen LogP contribution is 2.32. The van der Waals surface area contributed by atoms with Gasteiger partial charge in [0.1, 0.15) is 17.1 Å². The van der Waals surface area contributed by atoms with E-state index in [2.05, 4.69) is 14.7 Å². The maximum absolute atomic E-state index is 13.0. The van der Waals surface area contributed by atoms with Crippen LogP contribution in [0.25, 0.3) is 0 Å². The van der Waals surface area contributed by atoms with Gasteiger partial charge < -0.3 is 14.2 Å². The lowest BCUT2D eigenvalue weighted by atomic mass is 10.1. The van der Waals surface area contributed by atoms with E-state index < -0.39 is 17.8 Å². The summed E-state index contributed by atoms with van der Waals surface area (Å²) < 4.78 is 45.5. The van der Waals surface area contributed by atoms with Gasteiger partial charge in [-0.1, -0.05) is 0 Å². The highest BCUT2D eigenvalue weighted by molar-refractivity contribution is 5.94. The summed E-state index contributed by atoms with van der Waals surface area (Å²) in [4.78, 5) is 21.5. The van der Waals surface area contributed by atoms with Crippen LogP contribution >= 0.6 is 0 Å². The number of carbonyl (C=O) groups is 1. The summed E-state index contributed by atoms with van der Waals surface area (Å²) in [6.45, 7) is 0.722. The molecule has 9 heteroatoms. The zero-order valence-corrected chi connectivity index (χ0v) is 13.1. The highest BCUT2D eigenvalue weighted by atomic mass is 19.4. The van der Waals surface area contributed by atoms with Gasteiger partial charge in [0, 0.05) is 25.7 Å². The number of ether oxygens (including phenoxy) is 1. The van der Waals surface area contributed by atoms with E-state index in [9.17, 15) is 18.0 Å². The van der Waals surface area contributed by atoms with E-state index in [-0.39, 0.29) is 17.9 Å². The minimum absolute atomic E-state index is 0.00452. The van der Waals surface area contributed by atoms with E-state index >= 15 is 0 Å². The van der Waals surface area contributed by atoms with Crippen molar-refractivity contribution in [2.45, 2.75) is 19.1 Å². The Morgan fingerprint density at radius 3 is 2.75 bits per heavy atom. The molecule has 3 heterocycles. The summed E-state index contributed by atoms with van der Waals surface area (Å²) >= 11 is 0. The number of hydrogen-bond donors (Lipinski definition) is 0. The Morgan fingerprint density at radius 1 is 1.33 bits per heavy atom. The van der Waals surface area contributed by atoms with Crippen LogP contribution < -0.4 is 4.90 Å². The molecule has 0 fully saturated rings. The summed E-state index contributed by atoms with van der Waals surface area (Å²) in [5, 5.41) is 0. The second-order valence-electron chi connectivity index (χ2n) is 5.48. The number of carbonyl (C=O) groups excluding carboxylic acids is 1. The lowest BCUT2D eigenvalue weighted by Gasteiger charge is -2.29. The summed E-state index contributed by atoms with van der Waals surface area (Å²) in [7, 11) is 3.04. The summed E-state index contributed by atoms with van der Waals surface area (Å²) in [6, 6.07) is 1.89. The average Bonchev–Trinajstić information content (AvgIpc) is 2.93. The zero-order valence-electron chi connectivity index (χ0n) is 13.1. The van der Waals surface area contributed by atoms with E-state index in [0.717, 1.165) is 23.5 Å². The first-order valence-corrected chi connectivity index (χ1v) is 7.22. The van der Waals surface area contributed by atoms with E-state index in [0.29, 0.717) is 13.0 Å². The predicted octanol–water partition coefficient (Wildman–Crippen LogP) is 2.18. The monoisotopic (exact) mass is 340 g/mol. The van der Waals surface area contributed by atoms with Crippen molar-refractivity contribution in [2.24, 2.45) is 7.05 Å². The first kappa shape index (κ1) is 16.3. The number of alkyl halides is 3. The lowest BCUT2D eigenvalue weighted by Crippen LogP contribution is -2.33. The number of imidazole rings is 1.